The Morgan fingerprint density at radius 3 is 2.07 bits per heavy atom. The fraction of sp³-hybridized carbons (Fsp3) is 0.550. The quantitative estimate of drug-likeness (QED) is 0.340. The van der Waals surface area contributed by atoms with Gasteiger partial charge < -0.3 is 32.3 Å². The second kappa shape index (κ2) is 15.3. The smallest absolute Gasteiger partial charge is 0.312 e. The number of primary amides is 1. The summed E-state index contributed by atoms with van der Waals surface area (Å²) < 4.78 is 0. The van der Waals surface area contributed by atoms with E-state index < -0.39 is 6.03 Å². The van der Waals surface area contributed by atoms with E-state index in [4.69, 9.17) is 5.73 Å². The van der Waals surface area contributed by atoms with Crippen molar-refractivity contribution in [3.05, 3.63) is 29.8 Å². The molecule has 9 heteroatoms. The normalized spacial score (nSPS) is 11.1. The third-order valence-corrected chi connectivity index (χ3v) is 3.85. The minimum Gasteiger partial charge on any atom is -0.352 e. The van der Waals surface area contributed by atoms with Crippen molar-refractivity contribution in [2.45, 2.75) is 39.8 Å². The van der Waals surface area contributed by atoms with Gasteiger partial charge in [-0.25, -0.2) is 4.79 Å². The molecular formula is C20H36N6O3. The van der Waals surface area contributed by atoms with Crippen LogP contribution in [0.2, 0.25) is 0 Å². The molecule has 1 aromatic rings. The lowest BCUT2D eigenvalue weighted by molar-refractivity contribution is -0.126. The van der Waals surface area contributed by atoms with Crippen LogP contribution >= 0.6 is 0 Å². The van der Waals surface area contributed by atoms with E-state index in [9.17, 15) is 14.4 Å². The maximum absolute atomic E-state index is 11.9. The summed E-state index contributed by atoms with van der Waals surface area (Å²) in [4.78, 5) is 33.6. The lowest BCUT2D eigenvalue weighted by Crippen LogP contribution is -2.47. The molecule has 0 bridgehead atoms. The van der Waals surface area contributed by atoms with Crippen LogP contribution in [0.1, 0.15) is 32.8 Å². The molecule has 0 spiro atoms. The molecule has 1 unspecified atom stereocenters. The zero-order valence-corrected chi connectivity index (χ0v) is 18.1. The molecule has 0 aliphatic carbocycles. The summed E-state index contributed by atoms with van der Waals surface area (Å²) in [6.07, 6.45) is 0.933. The van der Waals surface area contributed by atoms with Crippen LogP contribution in [-0.2, 0) is 16.1 Å². The summed E-state index contributed by atoms with van der Waals surface area (Å²) in [6.45, 7) is 7.29. The number of anilines is 1. The number of urea groups is 1. The standard InChI is InChI=1S/C16H26N4O2.C4H10N2O/c1-11(2)15(18-4)16(22)19-10-14(21)20-13-7-5-12(6-8-13)9-17-3;1-2-3-6-4(5)7/h5-8,11,15,17-18H,9-10H2,1-4H3,(H,19,22)(H,20,21);2-3H2,1H3,(H3,5,6,7). The second-order valence-electron chi connectivity index (χ2n) is 6.79. The molecule has 7 N–H and O–H groups in total. The van der Waals surface area contributed by atoms with E-state index in [1.54, 1.807) is 7.05 Å². The third kappa shape index (κ3) is 12.4. The van der Waals surface area contributed by atoms with Crippen molar-refractivity contribution >= 4 is 23.5 Å². The molecule has 1 aromatic carbocycles. The Balaban J connectivity index is 0.000000956. The lowest BCUT2D eigenvalue weighted by atomic mass is 10.0. The highest BCUT2D eigenvalue weighted by Crippen LogP contribution is 2.09. The molecule has 0 aliphatic heterocycles. The van der Waals surface area contributed by atoms with Gasteiger partial charge in [-0.1, -0.05) is 32.9 Å². The van der Waals surface area contributed by atoms with Crippen LogP contribution in [0, 0.1) is 5.92 Å². The van der Waals surface area contributed by atoms with Crippen molar-refractivity contribution < 1.29 is 14.4 Å². The first-order valence-electron chi connectivity index (χ1n) is 9.76. The van der Waals surface area contributed by atoms with Gasteiger partial charge in [-0.3, -0.25) is 9.59 Å². The van der Waals surface area contributed by atoms with E-state index in [2.05, 4.69) is 26.6 Å². The van der Waals surface area contributed by atoms with Gasteiger partial charge in [0.1, 0.15) is 0 Å². The van der Waals surface area contributed by atoms with Crippen LogP contribution in [0.25, 0.3) is 0 Å². The Hall–Kier alpha value is -2.65. The van der Waals surface area contributed by atoms with E-state index in [0.29, 0.717) is 12.2 Å². The van der Waals surface area contributed by atoms with Crippen LogP contribution in [0.15, 0.2) is 24.3 Å². The van der Waals surface area contributed by atoms with Gasteiger partial charge in [0, 0.05) is 18.8 Å². The van der Waals surface area contributed by atoms with Gasteiger partial charge in [-0.2, -0.15) is 0 Å². The molecule has 1 atom stereocenters. The highest BCUT2D eigenvalue weighted by molar-refractivity contribution is 5.95. The Morgan fingerprint density at radius 2 is 1.66 bits per heavy atom. The zero-order chi connectivity index (χ0) is 22.2. The molecular weight excluding hydrogens is 372 g/mol. The van der Waals surface area contributed by atoms with Crippen LogP contribution < -0.4 is 32.3 Å². The van der Waals surface area contributed by atoms with Crippen molar-refractivity contribution in [2.75, 3.05) is 32.5 Å². The van der Waals surface area contributed by atoms with Crippen LogP contribution in [0.5, 0.6) is 0 Å². The third-order valence-electron chi connectivity index (χ3n) is 3.85. The maximum Gasteiger partial charge on any atom is 0.312 e. The number of amides is 4. The van der Waals surface area contributed by atoms with Crippen LogP contribution in [0.3, 0.4) is 0 Å². The lowest BCUT2D eigenvalue weighted by Gasteiger charge is -2.19. The van der Waals surface area contributed by atoms with Crippen LogP contribution in [-0.4, -0.2) is 51.1 Å². The fourth-order valence-electron chi connectivity index (χ4n) is 2.41. The van der Waals surface area contributed by atoms with Gasteiger partial charge >= 0.3 is 6.03 Å². The van der Waals surface area contributed by atoms with Gasteiger partial charge in [0.25, 0.3) is 0 Å². The Bertz CT molecular complexity index is 619. The Labute approximate surface area is 173 Å². The average molecular weight is 409 g/mol. The Kier molecular flexibility index (Phi) is 13.9. The maximum atomic E-state index is 11.9. The summed E-state index contributed by atoms with van der Waals surface area (Å²) >= 11 is 0. The molecule has 0 heterocycles. The summed E-state index contributed by atoms with van der Waals surface area (Å²) in [6, 6.07) is 6.84. The largest absolute Gasteiger partial charge is 0.352 e. The molecule has 0 saturated carbocycles. The summed E-state index contributed by atoms with van der Waals surface area (Å²) in [5.74, 6) is -0.252. The first-order valence-corrected chi connectivity index (χ1v) is 9.76. The van der Waals surface area contributed by atoms with Gasteiger partial charge in [-0.05, 0) is 44.1 Å². The molecule has 0 radical (unpaired) electrons. The number of carbonyl (C=O) groups is 3. The van der Waals surface area contributed by atoms with Gasteiger partial charge in [0.15, 0.2) is 0 Å². The molecule has 29 heavy (non-hydrogen) atoms. The predicted molar refractivity (Wildman–Crippen MR) is 116 cm³/mol. The molecule has 0 aliphatic rings. The van der Waals surface area contributed by atoms with Crippen molar-refractivity contribution in [3.63, 3.8) is 0 Å². The summed E-state index contributed by atoms with van der Waals surface area (Å²) in [7, 11) is 3.62. The molecule has 1 rings (SSSR count). The SMILES string of the molecule is CCCNC(N)=O.CNCc1ccc(NC(=O)CNC(=O)C(NC)C(C)C)cc1. The number of nitrogens with one attached hydrogen (secondary N) is 5. The molecule has 0 fully saturated rings. The van der Waals surface area contributed by atoms with Crippen molar-refractivity contribution in [3.8, 4) is 0 Å². The van der Waals surface area contributed by atoms with E-state index in [1.807, 2.05) is 52.1 Å². The van der Waals surface area contributed by atoms with E-state index in [-0.39, 0.29) is 30.3 Å². The highest BCUT2D eigenvalue weighted by atomic mass is 16.2. The number of hydrogen-bond acceptors (Lipinski definition) is 5. The van der Waals surface area contributed by atoms with Crippen LogP contribution in [0.4, 0.5) is 10.5 Å². The molecule has 9 nitrogen and oxygen atoms in total. The minimum atomic E-state index is -0.443. The van der Waals surface area contributed by atoms with Crippen molar-refractivity contribution in [1.29, 1.82) is 0 Å². The van der Waals surface area contributed by atoms with Gasteiger partial charge in [-0.15, -0.1) is 0 Å². The van der Waals surface area contributed by atoms with E-state index in [1.165, 1.54) is 0 Å². The van der Waals surface area contributed by atoms with Gasteiger partial charge in [0.2, 0.25) is 11.8 Å². The van der Waals surface area contributed by atoms with E-state index >= 15 is 0 Å². The Morgan fingerprint density at radius 1 is 1.03 bits per heavy atom. The monoisotopic (exact) mass is 408 g/mol. The first kappa shape index (κ1) is 26.4. The molecule has 0 aromatic heterocycles. The van der Waals surface area contributed by atoms with Crippen molar-refractivity contribution in [1.82, 2.24) is 21.3 Å². The molecule has 164 valence electrons. The minimum absolute atomic E-state index is 0.0397. The zero-order valence-electron chi connectivity index (χ0n) is 18.1. The number of hydrogen-bond donors (Lipinski definition) is 6. The topological polar surface area (TPSA) is 137 Å². The first-order chi connectivity index (χ1) is 13.7. The number of likely N-dealkylation sites (N-methyl/N-ethyl adjacent to an activating group) is 1. The summed E-state index contributed by atoms with van der Waals surface area (Å²) in [5.41, 5.74) is 6.59. The second-order valence-corrected chi connectivity index (χ2v) is 6.79. The number of benzene rings is 1. The molecule has 0 saturated heterocycles. The summed E-state index contributed by atoms with van der Waals surface area (Å²) in [5, 5.41) is 13.8. The van der Waals surface area contributed by atoms with E-state index in [0.717, 1.165) is 18.5 Å². The number of nitrogens with two attached hydrogens (primary N) is 1. The number of rotatable bonds is 10. The highest BCUT2D eigenvalue weighted by Gasteiger charge is 2.20. The molecule has 4 amide bonds. The predicted octanol–water partition coefficient (Wildman–Crippen LogP) is 0.769. The number of carbonyl (C=O) groups excluding carboxylic acids is 3. The average Bonchev–Trinajstić information content (AvgIpc) is 2.67. The van der Waals surface area contributed by atoms with Crippen molar-refractivity contribution in [2.24, 2.45) is 11.7 Å². The van der Waals surface area contributed by atoms with Gasteiger partial charge in [0.05, 0.1) is 12.6 Å². The fourth-order valence-corrected chi connectivity index (χ4v) is 2.41.